The van der Waals surface area contributed by atoms with Crippen molar-refractivity contribution >= 4 is 11.9 Å². The molecule has 2 N–H and O–H groups in total. The first-order valence-corrected chi connectivity index (χ1v) is 9.21. The van der Waals surface area contributed by atoms with Crippen LogP contribution in [-0.2, 0) is 0 Å². The van der Waals surface area contributed by atoms with Crippen LogP contribution in [0, 0.1) is 0 Å². The van der Waals surface area contributed by atoms with Crippen LogP contribution in [0.4, 0.5) is 0 Å². The third-order valence-electron chi connectivity index (χ3n) is 5.05. The molecule has 1 unspecified atom stereocenters. The Hall–Kier alpha value is -3.48. The van der Waals surface area contributed by atoms with Gasteiger partial charge in [0.1, 0.15) is 11.4 Å². The highest BCUT2D eigenvalue weighted by molar-refractivity contribution is 5.93. The first-order valence-electron chi connectivity index (χ1n) is 9.21. The number of hydrogen-bond donors (Lipinski definition) is 2. The molecular weight excluding hydrogens is 356 g/mol. The Labute approximate surface area is 162 Å². The molecule has 0 saturated carbocycles. The Kier molecular flexibility index (Phi) is 4.89. The summed E-state index contributed by atoms with van der Waals surface area (Å²) in [6.45, 7) is 1.23. The van der Waals surface area contributed by atoms with Crippen LogP contribution in [0.2, 0.25) is 0 Å². The highest BCUT2D eigenvalue weighted by Gasteiger charge is 2.27. The number of carbonyl (C=O) groups excluding carboxylic acids is 1. The number of pyridine rings is 1. The van der Waals surface area contributed by atoms with Gasteiger partial charge < -0.3 is 10.0 Å². The Morgan fingerprint density at radius 3 is 2.79 bits per heavy atom. The van der Waals surface area contributed by atoms with E-state index < -0.39 is 5.97 Å². The summed E-state index contributed by atoms with van der Waals surface area (Å²) in [5.74, 6) is -0.922. The molecule has 1 aliphatic heterocycles. The maximum absolute atomic E-state index is 12.9. The number of rotatable bonds is 4. The number of aromatic nitrogens is 3. The van der Waals surface area contributed by atoms with Crippen molar-refractivity contribution in [2.24, 2.45) is 0 Å². The third-order valence-corrected chi connectivity index (χ3v) is 5.05. The second-order valence-electron chi connectivity index (χ2n) is 6.90. The number of carboxylic acids is 1. The molecule has 0 radical (unpaired) electrons. The van der Waals surface area contributed by atoms with E-state index in [0.717, 1.165) is 18.4 Å². The largest absolute Gasteiger partial charge is 0.478 e. The van der Waals surface area contributed by atoms with Gasteiger partial charge in [0.15, 0.2) is 0 Å². The quantitative estimate of drug-likeness (QED) is 0.728. The molecule has 7 heteroatoms. The van der Waals surface area contributed by atoms with Crippen LogP contribution >= 0.6 is 0 Å². The predicted octanol–water partition coefficient (Wildman–Crippen LogP) is 3.19. The lowest BCUT2D eigenvalue weighted by molar-refractivity contribution is 0.0685. The number of likely N-dealkylation sites (tertiary alicyclic amines) is 1. The summed E-state index contributed by atoms with van der Waals surface area (Å²) in [6.07, 6.45) is 3.48. The van der Waals surface area contributed by atoms with Gasteiger partial charge in [-0.05, 0) is 48.7 Å². The van der Waals surface area contributed by atoms with Crippen LogP contribution < -0.4 is 0 Å². The summed E-state index contributed by atoms with van der Waals surface area (Å²) in [6, 6.07) is 14.2. The summed E-state index contributed by atoms with van der Waals surface area (Å²) < 4.78 is 0. The van der Waals surface area contributed by atoms with Crippen LogP contribution in [0.1, 0.15) is 45.2 Å². The average Bonchev–Trinajstić information content (AvgIpc) is 3.24. The molecular formula is C21H20N4O3. The van der Waals surface area contributed by atoms with Crippen LogP contribution in [-0.4, -0.2) is 50.2 Å². The van der Waals surface area contributed by atoms with Crippen molar-refractivity contribution in [1.82, 2.24) is 20.1 Å². The number of nitrogens with one attached hydrogen (secondary N) is 1. The normalized spacial score (nSPS) is 16.7. The molecule has 1 fully saturated rings. The highest BCUT2D eigenvalue weighted by atomic mass is 16.4. The van der Waals surface area contributed by atoms with Crippen LogP contribution in [0.5, 0.6) is 0 Å². The topological polar surface area (TPSA) is 99.2 Å². The van der Waals surface area contributed by atoms with Crippen LogP contribution in [0.15, 0.2) is 54.7 Å². The number of H-pyrrole nitrogens is 1. The van der Waals surface area contributed by atoms with Gasteiger partial charge in [0.2, 0.25) is 0 Å². The van der Waals surface area contributed by atoms with Crippen molar-refractivity contribution in [2.75, 3.05) is 13.1 Å². The fourth-order valence-corrected chi connectivity index (χ4v) is 3.61. The third kappa shape index (κ3) is 3.64. The van der Waals surface area contributed by atoms with Crippen molar-refractivity contribution in [3.63, 3.8) is 0 Å². The molecule has 1 aliphatic rings. The van der Waals surface area contributed by atoms with Gasteiger partial charge >= 0.3 is 5.97 Å². The lowest BCUT2D eigenvalue weighted by Crippen LogP contribution is -2.39. The average molecular weight is 376 g/mol. The number of carboxylic acid groups (broad SMARTS) is 1. The van der Waals surface area contributed by atoms with E-state index in [1.807, 2.05) is 24.3 Å². The van der Waals surface area contributed by atoms with Gasteiger partial charge in [-0.15, -0.1) is 0 Å². The second kappa shape index (κ2) is 7.64. The molecule has 3 heterocycles. The van der Waals surface area contributed by atoms with E-state index in [0.29, 0.717) is 30.2 Å². The van der Waals surface area contributed by atoms with Gasteiger partial charge in [0, 0.05) is 25.2 Å². The van der Waals surface area contributed by atoms with E-state index in [9.17, 15) is 14.7 Å². The maximum Gasteiger partial charge on any atom is 0.335 e. The molecule has 0 spiro atoms. The van der Waals surface area contributed by atoms with Crippen LogP contribution in [0.3, 0.4) is 0 Å². The summed E-state index contributed by atoms with van der Waals surface area (Å²) in [7, 11) is 0. The molecule has 7 nitrogen and oxygen atoms in total. The zero-order chi connectivity index (χ0) is 19.5. The Balaban J connectivity index is 1.50. The van der Waals surface area contributed by atoms with E-state index in [2.05, 4.69) is 15.2 Å². The van der Waals surface area contributed by atoms with Gasteiger partial charge in [0.25, 0.3) is 5.91 Å². The number of piperidine rings is 1. The fourth-order valence-electron chi connectivity index (χ4n) is 3.61. The predicted molar refractivity (Wildman–Crippen MR) is 103 cm³/mol. The molecule has 1 saturated heterocycles. The molecule has 1 aromatic carbocycles. The summed E-state index contributed by atoms with van der Waals surface area (Å²) in [5, 5.41) is 16.2. The lowest BCUT2D eigenvalue weighted by atomic mass is 9.89. The molecule has 0 bridgehead atoms. The summed E-state index contributed by atoms with van der Waals surface area (Å²) in [5.41, 5.74) is 3.00. The van der Waals surface area contributed by atoms with E-state index in [4.69, 9.17) is 0 Å². The summed E-state index contributed by atoms with van der Waals surface area (Å²) in [4.78, 5) is 30.2. The van der Waals surface area contributed by atoms with Crippen LogP contribution in [0.25, 0.3) is 11.4 Å². The molecule has 3 aromatic rings. The van der Waals surface area contributed by atoms with Gasteiger partial charge in [-0.25, -0.2) is 4.79 Å². The van der Waals surface area contributed by atoms with Gasteiger partial charge in [-0.3, -0.25) is 14.9 Å². The first kappa shape index (κ1) is 17.9. The number of aromatic carboxylic acids is 1. The SMILES string of the molecule is O=C(O)c1cccc(C2CCCN(C(=O)c3cc(-c4ccccn4)n[nH]3)C2)c1. The standard InChI is InChI=1S/C21H20N4O3/c26-20(19-12-18(23-24-19)17-8-1-2-9-22-17)25-10-4-7-16(13-25)14-5-3-6-15(11-14)21(27)28/h1-3,5-6,8-9,11-12,16H,4,7,10,13H2,(H,23,24)(H,27,28). The van der Waals surface area contributed by atoms with E-state index in [1.165, 1.54) is 0 Å². The minimum absolute atomic E-state index is 0.103. The molecule has 1 atom stereocenters. The van der Waals surface area contributed by atoms with Crippen molar-refractivity contribution in [2.45, 2.75) is 18.8 Å². The molecule has 4 rings (SSSR count). The zero-order valence-corrected chi connectivity index (χ0v) is 15.2. The van der Waals surface area contributed by atoms with Crippen molar-refractivity contribution < 1.29 is 14.7 Å². The van der Waals surface area contributed by atoms with E-state index in [-0.39, 0.29) is 17.4 Å². The number of carbonyl (C=O) groups is 2. The molecule has 1 amide bonds. The highest BCUT2D eigenvalue weighted by Crippen LogP contribution is 2.28. The monoisotopic (exact) mass is 376 g/mol. The lowest BCUT2D eigenvalue weighted by Gasteiger charge is -2.32. The van der Waals surface area contributed by atoms with Crippen molar-refractivity contribution in [3.05, 3.63) is 71.5 Å². The van der Waals surface area contributed by atoms with E-state index >= 15 is 0 Å². The summed E-state index contributed by atoms with van der Waals surface area (Å²) >= 11 is 0. The van der Waals surface area contributed by atoms with E-state index in [1.54, 1.807) is 35.4 Å². The smallest absolute Gasteiger partial charge is 0.335 e. The molecule has 0 aliphatic carbocycles. The fraction of sp³-hybridized carbons (Fsp3) is 0.238. The van der Waals surface area contributed by atoms with Gasteiger partial charge in [-0.2, -0.15) is 5.10 Å². The van der Waals surface area contributed by atoms with Crippen molar-refractivity contribution in [1.29, 1.82) is 0 Å². The Bertz CT molecular complexity index is 1000. The number of aromatic amines is 1. The van der Waals surface area contributed by atoms with Gasteiger partial charge in [-0.1, -0.05) is 18.2 Å². The number of nitrogens with zero attached hydrogens (tertiary/aromatic N) is 3. The molecule has 28 heavy (non-hydrogen) atoms. The number of benzene rings is 1. The van der Waals surface area contributed by atoms with Crippen molar-refractivity contribution in [3.8, 4) is 11.4 Å². The Morgan fingerprint density at radius 2 is 2.00 bits per heavy atom. The Morgan fingerprint density at radius 1 is 1.11 bits per heavy atom. The zero-order valence-electron chi connectivity index (χ0n) is 15.2. The number of hydrogen-bond acceptors (Lipinski definition) is 4. The maximum atomic E-state index is 12.9. The minimum atomic E-state index is -0.940. The first-order chi connectivity index (χ1) is 13.6. The van der Waals surface area contributed by atoms with Gasteiger partial charge in [0.05, 0.1) is 11.3 Å². The minimum Gasteiger partial charge on any atom is -0.478 e. The molecule has 2 aromatic heterocycles. The number of amides is 1. The molecule has 142 valence electrons. The second-order valence-corrected chi connectivity index (χ2v) is 6.90.